The maximum Gasteiger partial charge on any atom is 0.342 e. The van der Waals surface area contributed by atoms with E-state index in [0.717, 1.165) is 12.8 Å². The fourth-order valence-electron chi connectivity index (χ4n) is 2.51. The van der Waals surface area contributed by atoms with Gasteiger partial charge in [-0.2, -0.15) is 4.89 Å². The Morgan fingerprint density at radius 1 is 0.739 bits per heavy atom. The first-order chi connectivity index (χ1) is 11.3. The van der Waals surface area contributed by atoms with Crippen LogP contribution < -0.4 is 0 Å². The van der Waals surface area contributed by atoms with Crippen molar-refractivity contribution in [3.8, 4) is 0 Å². The van der Waals surface area contributed by atoms with Crippen LogP contribution in [0, 0.1) is 0 Å². The van der Waals surface area contributed by atoms with Gasteiger partial charge in [-0.15, -0.1) is 0 Å². The van der Waals surface area contributed by atoms with Crippen LogP contribution in [0.5, 0.6) is 0 Å². The zero-order chi connectivity index (χ0) is 17.0. The minimum Gasteiger partial charge on any atom is -0.298 e. The summed E-state index contributed by atoms with van der Waals surface area (Å²) in [6, 6.07) is 0. The van der Waals surface area contributed by atoms with E-state index in [1.807, 2.05) is 0 Å². The Balaban J connectivity index is 3.14. The van der Waals surface area contributed by atoms with Gasteiger partial charge in [0, 0.05) is 6.42 Å². The number of rotatable bonds is 17. The first-order valence-corrected chi connectivity index (χ1v) is 9.78. The van der Waals surface area contributed by atoms with Gasteiger partial charge < -0.3 is 0 Å². The van der Waals surface area contributed by atoms with E-state index >= 15 is 0 Å². The lowest BCUT2D eigenvalue weighted by molar-refractivity contribution is -0.269. The second-order valence-corrected chi connectivity index (χ2v) is 6.20. The molecule has 0 aromatic heterocycles. The van der Waals surface area contributed by atoms with Gasteiger partial charge in [-0.1, -0.05) is 70.4 Å². The van der Waals surface area contributed by atoms with Crippen molar-refractivity contribution in [2.75, 3.05) is 6.61 Å². The van der Waals surface area contributed by atoms with Crippen LogP contribution in [0.25, 0.3) is 0 Å². The molecule has 0 aromatic rings. The molecule has 0 atom stereocenters. The molecule has 0 saturated heterocycles. The number of hydrogen-bond donors (Lipinski definition) is 0. The summed E-state index contributed by atoms with van der Waals surface area (Å²) < 4.78 is 0. The number of carbonyl (C=O) groups excluding carboxylic acids is 1. The highest BCUT2D eigenvalue weighted by Crippen LogP contribution is 2.10. The van der Waals surface area contributed by atoms with Crippen LogP contribution in [0.15, 0.2) is 12.2 Å². The topological polar surface area (TPSA) is 35.5 Å². The molecule has 0 rings (SSSR count). The predicted molar refractivity (Wildman–Crippen MR) is 97.2 cm³/mol. The van der Waals surface area contributed by atoms with E-state index in [1.165, 1.54) is 70.6 Å². The second kappa shape index (κ2) is 19.2. The van der Waals surface area contributed by atoms with Crippen molar-refractivity contribution < 1.29 is 14.6 Å². The molecule has 0 aliphatic rings. The van der Waals surface area contributed by atoms with E-state index in [-0.39, 0.29) is 5.97 Å². The van der Waals surface area contributed by atoms with Crippen LogP contribution in [-0.2, 0) is 14.6 Å². The minimum atomic E-state index is -0.246. The molecule has 3 heteroatoms. The van der Waals surface area contributed by atoms with Crippen molar-refractivity contribution in [3.05, 3.63) is 12.2 Å². The largest absolute Gasteiger partial charge is 0.342 e. The van der Waals surface area contributed by atoms with Gasteiger partial charge >= 0.3 is 5.97 Å². The molecule has 136 valence electrons. The zero-order valence-corrected chi connectivity index (χ0v) is 15.5. The highest BCUT2D eigenvalue weighted by atomic mass is 17.2. The SMILES string of the molecule is CCCCCCCC/C=C\CCCCCCCC(=O)OOCC. The summed E-state index contributed by atoms with van der Waals surface area (Å²) in [6.07, 6.45) is 21.6. The molecule has 3 nitrogen and oxygen atoms in total. The van der Waals surface area contributed by atoms with Gasteiger partial charge in [0.15, 0.2) is 0 Å². The lowest BCUT2D eigenvalue weighted by Gasteiger charge is -2.01. The lowest BCUT2D eigenvalue weighted by atomic mass is 10.1. The van der Waals surface area contributed by atoms with Crippen molar-refractivity contribution >= 4 is 5.97 Å². The third-order valence-electron chi connectivity index (χ3n) is 3.91. The molecule has 0 amide bonds. The Kier molecular flexibility index (Phi) is 18.5. The normalized spacial score (nSPS) is 11.2. The van der Waals surface area contributed by atoms with Crippen LogP contribution in [0.1, 0.15) is 104 Å². The van der Waals surface area contributed by atoms with Crippen LogP contribution >= 0.6 is 0 Å². The van der Waals surface area contributed by atoms with Crippen LogP contribution in [0.2, 0.25) is 0 Å². The predicted octanol–water partition coefficient (Wildman–Crippen LogP) is 6.52. The van der Waals surface area contributed by atoms with Gasteiger partial charge in [-0.25, -0.2) is 4.79 Å². The third-order valence-corrected chi connectivity index (χ3v) is 3.91. The fraction of sp³-hybridized carbons (Fsp3) is 0.850. The molecule has 0 unspecified atom stereocenters. The van der Waals surface area contributed by atoms with E-state index in [0.29, 0.717) is 13.0 Å². The molecular weight excluding hydrogens is 288 g/mol. The summed E-state index contributed by atoms with van der Waals surface area (Å²) in [7, 11) is 0. The maximum atomic E-state index is 11.2. The van der Waals surface area contributed by atoms with Gasteiger partial charge in [0.05, 0.1) is 6.61 Å². The monoisotopic (exact) mass is 326 g/mol. The average molecular weight is 327 g/mol. The minimum absolute atomic E-state index is 0.246. The van der Waals surface area contributed by atoms with Crippen LogP contribution in [0.4, 0.5) is 0 Å². The Labute approximate surface area is 143 Å². The van der Waals surface area contributed by atoms with Crippen LogP contribution in [0.3, 0.4) is 0 Å². The van der Waals surface area contributed by atoms with Gasteiger partial charge in [0.1, 0.15) is 0 Å². The standard InChI is InChI=1S/C20H38O3/c1-3-5-6-7-8-9-10-11-12-13-14-15-16-17-18-19-20(21)23-22-4-2/h11-12H,3-10,13-19H2,1-2H3/b12-11-. The Morgan fingerprint density at radius 3 is 1.83 bits per heavy atom. The number of unbranched alkanes of at least 4 members (excludes halogenated alkanes) is 11. The third kappa shape index (κ3) is 19.1. The molecule has 0 aromatic carbocycles. The highest BCUT2D eigenvalue weighted by molar-refractivity contribution is 5.68. The van der Waals surface area contributed by atoms with E-state index in [2.05, 4.69) is 28.9 Å². The molecule has 0 saturated carbocycles. The molecule has 0 heterocycles. The summed E-state index contributed by atoms with van der Waals surface area (Å²) in [5.74, 6) is -0.246. The summed E-state index contributed by atoms with van der Waals surface area (Å²) in [4.78, 5) is 20.4. The van der Waals surface area contributed by atoms with Gasteiger partial charge in [-0.05, 0) is 39.0 Å². The van der Waals surface area contributed by atoms with E-state index in [1.54, 1.807) is 6.92 Å². The fourth-order valence-corrected chi connectivity index (χ4v) is 2.51. The molecule has 0 aliphatic carbocycles. The molecule has 0 aliphatic heterocycles. The van der Waals surface area contributed by atoms with Crippen molar-refractivity contribution in [2.24, 2.45) is 0 Å². The molecular formula is C20H38O3. The molecule has 0 N–H and O–H groups in total. The first kappa shape index (κ1) is 22.2. The molecule has 23 heavy (non-hydrogen) atoms. The van der Waals surface area contributed by atoms with Gasteiger partial charge in [0.25, 0.3) is 0 Å². The summed E-state index contributed by atoms with van der Waals surface area (Å²) in [5, 5.41) is 0. The molecule has 0 radical (unpaired) electrons. The van der Waals surface area contributed by atoms with Crippen molar-refractivity contribution in [2.45, 2.75) is 104 Å². The van der Waals surface area contributed by atoms with Gasteiger partial charge in [-0.3, -0.25) is 4.89 Å². The van der Waals surface area contributed by atoms with Crippen LogP contribution in [-0.4, -0.2) is 12.6 Å². The zero-order valence-electron chi connectivity index (χ0n) is 15.5. The van der Waals surface area contributed by atoms with E-state index in [9.17, 15) is 4.79 Å². The highest BCUT2D eigenvalue weighted by Gasteiger charge is 2.02. The lowest BCUT2D eigenvalue weighted by Crippen LogP contribution is -2.04. The Morgan fingerprint density at radius 2 is 1.26 bits per heavy atom. The summed E-state index contributed by atoms with van der Waals surface area (Å²) in [6.45, 7) is 4.48. The van der Waals surface area contributed by atoms with Crippen molar-refractivity contribution in [1.82, 2.24) is 0 Å². The van der Waals surface area contributed by atoms with Gasteiger partial charge in [0.2, 0.25) is 0 Å². The van der Waals surface area contributed by atoms with E-state index in [4.69, 9.17) is 0 Å². The van der Waals surface area contributed by atoms with Crippen molar-refractivity contribution in [1.29, 1.82) is 0 Å². The Hall–Kier alpha value is -0.830. The molecule has 0 spiro atoms. The quantitative estimate of drug-likeness (QED) is 0.132. The smallest absolute Gasteiger partial charge is 0.298 e. The molecule has 0 bridgehead atoms. The van der Waals surface area contributed by atoms with Crippen molar-refractivity contribution in [3.63, 3.8) is 0 Å². The maximum absolute atomic E-state index is 11.2. The average Bonchev–Trinajstić information content (AvgIpc) is 2.56. The Bertz CT molecular complexity index is 274. The second-order valence-electron chi connectivity index (χ2n) is 6.20. The first-order valence-electron chi connectivity index (χ1n) is 9.78. The number of carbonyl (C=O) groups is 1. The summed E-state index contributed by atoms with van der Waals surface area (Å²) >= 11 is 0. The molecule has 0 fully saturated rings. The van der Waals surface area contributed by atoms with E-state index < -0.39 is 0 Å². The summed E-state index contributed by atoms with van der Waals surface area (Å²) in [5.41, 5.74) is 0. The number of allylic oxidation sites excluding steroid dienone is 2. The number of hydrogen-bond acceptors (Lipinski definition) is 3.